The zero-order valence-electron chi connectivity index (χ0n) is 13.1. The Morgan fingerprint density at radius 2 is 1.75 bits per heavy atom. The van der Waals surface area contributed by atoms with E-state index in [9.17, 15) is 17.6 Å². The van der Waals surface area contributed by atoms with Crippen LogP contribution in [0.5, 0.6) is 0 Å². The van der Waals surface area contributed by atoms with Crippen molar-refractivity contribution in [2.24, 2.45) is 0 Å². The van der Waals surface area contributed by atoms with Crippen LogP contribution in [0, 0.1) is 5.82 Å². The van der Waals surface area contributed by atoms with Gasteiger partial charge in [0, 0.05) is 23.7 Å². The van der Waals surface area contributed by atoms with Gasteiger partial charge in [0.05, 0.1) is 11.5 Å². The van der Waals surface area contributed by atoms with Gasteiger partial charge in [0.15, 0.2) is 9.84 Å². The molecule has 0 saturated carbocycles. The Kier molecular flexibility index (Phi) is 4.66. The Morgan fingerprint density at radius 3 is 2.38 bits per heavy atom. The molecular weight excluding hydrogens is 329 g/mol. The molecule has 2 aromatic rings. The van der Waals surface area contributed by atoms with E-state index in [1.165, 1.54) is 11.0 Å². The Morgan fingerprint density at radius 1 is 1.08 bits per heavy atom. The Labute approximate surface area is 140 Å². The molecule has 0 aromatic heterocycles. The molecule has 0 unspecified atom stereocenters. The highest BCUT2D eigenvalue weighted by molar-refractivity contribution is 7.91. The molecular formula is C18H18FNO3S. The van der Waals surface area contributed by atoms with Crippen molar-refractivity contribution < 1.29 is 17.6 Å². The lowest BCUT2D eigenvalue weighted by Crippen LogP contribution is -2.40. The summed E-state index contributed by atoms with van der Waals surface area (Å²) in [7, 11) is -3.15. The lowest BCUT2D eigenvalue weighted by Gasteiger charge is -2.28. The van der Waals surface area contributed by atoms with Crippen molar-refractivity contribution in [1.29, 1.82) is 0 Å². The molecule has 1 aliphatic heterocycles. The highest BCUT2D eigenvalue weighted by Crippen LogP contribution is 2.23. The molecule has 1 aliphatic rings. The first-order valence-electron chi connectivity index (χ1n) is 7.76. The number of benzene rings is 2. The fourth-order valence-electron chi connectivity index (χ4n) is 2.94. The van der Waals surface area contributed by atoms with Crippen LogP contribution in [0.4, 0.5) is 4.39 Å². The molecule has 2 aromatic carbocycles. The highest BCUT2D eigenvalue weighted by atomic mass is 32.2. The molecule has 1 amide bonds. The van der Waals surface area contributed by atoms with Crippen molar-refractivity contribution in [2.75, 3.05) is 11.5 Å². The van der Waals surface area contributed by atoms with Gasteiger partial charge in [-0.05, 0) is 24.6 Å². The van der Waals surface area contributed by atoms with Crippen LogP contribution in [-0.2, 0) is 16.4 Å². The van der Waals surface area contributed by atoms with Crippen LogP contribution in [0.25, 0.3) is 0 Å². The van der Waals surface area contributed by atoms with Gasteiger partial charge in [-0.2, -0.15) is 0 Å². The predicted molar refractivity (Wildman–Crippen MR) is 89.8 cm³/mol. The standard InChI is InChI=1S/C18H18FNO3S/c19-17-9-5-4-8-15(17)12-20(16-10-11-24(22,23)13-16)18(21)14-6-2-1-3-7-14/h1-9,16H,10-13H2/t16-/m1/s1. The predicted octanol–water partition coefficient (Wildman–Crippen LogP) is 2.66. The van der Waals surface area contributed by atoms with Crippen molar-refractivity contribution in [2.45, 2.75) is 19.0 Å². The molecule has 1 saturated heterocycles. The average Bonchev–Trinajstić information content (AvgIpc) is 2.94. The molecule has 1 atom stereocenters. The topological polar surface area (TPSA) is 54.5 Å². The summed E-state index contributed by atoms with van der Waals surface area (Å²) in [5.74, 6) is -0.682. The zero-order valence-corrected chi connectivity index (χ0v) is 13.9. The summed E-state index contributed by atoms with van der Waals surface area (Å²) in [4.78, 5) is 14.4. The van der Waals surface area contributed by atoms with Crippen molar-refractivity contribution in [3.8, 4) is 0 Å². The number of sulfone groups is 1. The highest BCUT2D eigenvalue weighted by Gasteiger charge is 2.35. The van der Waals surface area contributed by atoms with E-state index < -0.39 is 21.7 Å². The van der Waals surface area contributed by atoms with E-state index in [4.69, 9.17) is 0 Å². The summed E-state index contributed by atoms with van der Waals surface area (Å²) >= 11 is 0. The second-order valence-corrected chi connectivity index (χ2v) is 8.18. The van der Waals surface area contributed by atoms with Gasteiger partial charge in [0.2, 0.25) is 0 Å². The fraction of sp³-hybridized carbons (Fsp3) is 0.278. The number of carbonyl (C=O) groups is 1. The number of halogens is 1. The molecule has 0 bridgehead atoms. The Balaban J connectivity index is 1.92. The van der Waals surface area contributed by atoms with Crippen molar-refractivity contribution in [3.63, 3.8) is 0 Å². The zero-order chi connectivity index (χ0) is 17.2. The number of rotatable bonds is 4. The third-order valence-electron chi connectivity index (χ3n) is 4.23. The molecule has 3 rings (SSSR count). The van der Waals surface area contributed by atoms with Crippen molar-refractivity contribution in [1.82, 2.24) is 4.90 Å². The number of hydrogen-bond acceptors (Lipinski definition) is 3. The van der Waals surface area contributed by atoms with E-state index in [-0.39, 0.29) is 24.0 Å². The minimum atomic E-state index is -3.15. The van der Waals surface area contributed by atoms with Gasteiger partial charge in [-0.3, -0.25) is 4.79 Å². The minimum absolute atomic E-state index is 0.0561. The quantitative estimate of drug-likeness (QED) is 0.854. The van der Waals surface area contributed by atoms with E-state index >= 15 is 0 Å². The van der Waals surface area contributed by atoms with Gasteiger partial charge in [-0.1, -0.05) is 36.4 Å². The fourth-order valence-corrected chi connectivity index (χ4v) is 4.68. The van der Waals surface area contributed by atoms with Crippen LogP contribution >= 0.6 is 0 Å². The van der Waals surface area contributed by atoms with Gasteiger partial charge in [0.25, 0.3) is 5.91 Å². The summed E-state index contributed by atoms with van der Waals surface area (Å²) in [6.45, 7) is 0.0561. The largest absolute Gasteiger partial charge is 0.330 e. The van der Waals surface area contributed by atoms with Crippen LogP contribution in [0.15, 0.2) is 54.6 Å². The van der Waals surface area contributed by atoms with Crippen LogP contribution in [-0.4, -0.2) is 36.8 Å². The molecule has 4 nitrogen and oxygen atoms in total. The molecule has 0 aliphatic carbocycles. The third-order valence-corrected chi connectivity index (χ3v) is 5.98. The van der Waals surface area contributed by atoms with Crippen LogP contribution in [0.1, 0.15) is 22.3 Å². The second-order valence-electron chi connectivity index (χ2n) is 5.95. The smallest absolute Gasteiger partial charge is 0.254 e. The maximum Gasteiger partial charge on any atom is 0.254 e. The van der Waals surface area contributed by atoms with Crippen molar-refractivity contribution in [3.05, 3.63) is 71.5 Å². The summed E-state index contributed by atoms with van der Waals surface area (Å²) in [5.41, 5.74) is 0.851. The third kappa shape index (κ3) is 3.64. The number of hydrogen-bond donors (Lipinski definition) is 0. The van der Waals surface area contributed by atoms with E-state index in [2.05, 4.69) is 0 Å². The maximum atomic E-state index is 14.0. The lowest BCUT2D eigenvalue weighted by molar-refractivity contribution is 0.0679. The van der Waals surface area contributed by atoms with Gasteiger partial charge in [0.1, 0.15) is 5.82 Å². The van der Waals surface area contributed by atoms with E-state index in [1.54, 1.807) is 48.5 Å². The molecule has 6 heteroatoms. The maximum absolute atomic E-state index is 14.0. The molecule has 0 N–H and O–H groups in total. The summed E-state index contributed by atoms with van der Waals surface area (Å²) in [6, 6.07) is 14.5. The van der Waals surface area contributed by atoms with Crippen LogP contribution in [0.3, 0.4) is 0 Å². The number of nitrogens with zero attached hydrogens (tertiary/aromatic N) is 1. The number of carbonyl (C=O) groups excluding carboxylic acids is 1. The van der Waals surface area contributed by atoms with Crippen LogP contribution < -0.4 is 0 Å². The van der Waals surface area contributed by atoms with Gasteiger partial charge in [-0.25, -0.2) is 12.8 Å². The molecule has 24 heavy (non-hydrogen) atoms. The molecule has 1 fully saturated rings. The first-order chi connectivity index (χ1) is 11.5. The van der Waals surface area contributed by atoms with E-state index in [1.807, 2.05) is 0 Å². The lowest BCUT2D eigenvalue weighted by atomic mass is 10.1. The van der Waals surface area contributed by atoms with Gasteiger partial charge < -0.3 is 4.90 Å². The minimum Gasteiger partial charge on any atom is -0.330 e. The SMILES string of the molecule is O=C(c1ccccc1)N(Cc1ccccc1F)[C@@H]1CCS(=O)(=O)C1. The second kappa shape index (κ2) is 6.73. The van der Waals surface area contributed by atoms with Crippen LogP contribution in [0.2, 0.25) is 0 Å². The number of amides is 1. The molecule has 1 heterocycles. The van der Waals surface area contributed by atoms with E-state index in [0.717, 1.165) is 0 Å². The molecule has 0 radical (unpaired) electrons. The first kappa shape index (κ1) is 16.6. The molecule has 126 valence electrons. The van der Waals surface area contributed by atoms with Gasteiger partial charge in [-0.15, -0.1) is 0 Å². The monoisotopic (exact) mass is 347 g/mol. The first-order valence-corrected chi connectivity index (χ1v) is 9.58. The summed E-state index contributed by atoms with van der Waals surface area (Å²) < 4.78 is 37.6. The summed E-state index contributed by atoms with van der Waals surface area (Å²) in [5, 5.41) is 0. The summed E-state index contributed by atoms with van der Waals surface area (Å²) in [6.07, 6.45) is 0.384. The molecule has 0 spiro atoms. The van der Waals surface area contributed by atoms with Crippen molar-refractivity contribution >= 4 is 15.7 Å². The van der Waals surface area contributed by atoms with Gasteiger partial charge >= 0.3 is 0 Å². The normalized spacial score (nSPS) is 19.1. The van der Waals surface area contributed by atoms with E-state index in [0.29, 0.717) is 17.5 Å². The Hall–Kier alpha value is -2.21. The average molecular weight is 347 g/mol. The Bertz CT molecular complexity index is 836.